The number of alkyl halides is 2. The second kappa shape index (κ2) is 11.2. The van der Waals surface area contributed by atoms with Gasteiger partial charge >= 0.3 is 6.61 Å². The van der Waals surface area contributed by atoms with E-state index in [1.54, 1.807) is 6.07 Å². The summed E-state index contributed by atoms with van der Waals surface area (Å²) < 4.78 is 32.0. The van der Waals surface area contributed by atoms with Crippen molar-refractivity contribution in [2.24, 2.45) is 0 Å². The van der Waals surface area contributed by atoms with E-state index in [0.29, 0.717) is 5.75 Å². The molecule has 0 saturated heterocycles. The molecule has 0 spiro atoms. The number of benzene rings is 1. The summed E-state index contributed by atoms with van der Waals surface area (Å²) in [5.41, 5.74) is 0. The summed E-state index contributed by atoms with van der Waals surface area (Å²) in [6.45, 7) is 4.46. The van der Waals surface area contributed by atoms with Crippen LogP contribution in [-0.2, 0) is 0 Å². The van der Waals surface area contributed by atoms with Crippen LogP contribution in [0.15, 0.2) is 24.3 Å². The molecule has 106 valence electrons. The van der Waals surface area contributed by atoms with Gasteiger partial charge in [-0.05, 0) is 12.1 Å². The Morgan fingerprint density at radius 2 is 1.67 bits per heavy atom. The van der Waals surface area contributed by atoms with E-state index in [4.69, 9.17) is 0 Å². The molecule has 0 amide bonds. The topological polar surface area (TPSA) is 18.5 Å². The average molecular weight is 490 g/mol. The third kappa shape index (κ3) is 8.95. The van der Waals surface area contributed by atoms with Crippen LogP contribution in [0.1, 0.15) is 19.3 Å². The number of halogens is 2. The van der Waals surface area contributed by atoms with Crippen LogP contribution in [0.4, 0.5) is 8.78 Å². The third-order valence-electron chi connectivity index (χ3n) is 1.70. The van der Waals surface area contributed by atoms with Gasteiger partial charge in [-0.15, -0.1) is 6.42 Å². The van der Waals surface area contributed by atoms with Crippen molar-refractivity contribution >= 4 is 0 Å². The zero-order valence-corrected chi connectivity index (χ0v) is 13.0. The van der Waals surface area contributed by atoms with Gasteiger partial charge in [-0.25, -0.2) is 0 Å². The Balaban J connectivity index is 0. The predicted octanol–water partition coefficient (Wildman–Crippen LogP) is 4.28. The van der Waals surface area contributed by atoms with Crippen molar-refractivity contribution < 1.29 is 18.3 Å². The molecule has 0 fully saturated rings. The number of unbranched alkanes of at least 4 members (excludes halogenated alkanes) is 2. The summed E-state index contributed by atoms with van der Waals surface area (Å²) in [5, 5.41) is 0. The minimum Gasteiger partial charge on any atom is -0.665 e. The number of ether oxygens (including phenoxy) is 2. The van der Waals surface area contributed by atoms with E-state index in [-0.39, 0.29) is 5.75 Å². The molecule has 0 aliphatic rings. The molecule has 1 rings (SSSR count). The van der Waals surface area contributed by atoms with Crippen LogP contribution in [0.3, 0.4) is 0 Å². The Morgan fingerprint density at radius 1 is 1.11 bits per heavy atom. The standard InChI is InChI=1S/C8H7F2O2.C5H10.Cm/c1-11-6-3-2-4-7(5-6)12-8(9)10;1-3-5-4-2;/h2-5,8H,1H2;1-5H2;/q-1;-2;. The van der Waals surface area contributed by atoms with Crippen LogP contribution in [-0.4, -0.2) is 6.61 Å². The van der Waals surface area contributed by atoms with Crippen molar-refractivity contribution in [1.82, 2.24) is 0 Å². The Bertz CT molecular complexity index is 294. The van der Waals surface area contributed by atoms with E-state index in [9.17, 15) is 8.78 Å². The van der Waals surface area contributed by atoms with Gasteiger partial charge in [0.25, 0.3) is 0 Å². The fourth-order valence-corrected chi connectivity index (χ4v) is 0.917. The minimum atomic E-state index is -2.81. The number of hydrogen-bond donors (Lipinski definition) is 0. The van der Waals surface area contributed by atoms with Crippen LogP contribution in [0.25, 0.3) is 0 Å². The molecule has 0 aromatic heterocycles. The maximum Gasteiger partial charge on any atom is 0.387 e. The van der Waals surface area contributed by atoms with Gasteiger partial charge in [-0.1, -0.05) is 6.07 Å². The zero-order valence-electron chi connectivity index (χ0n) is 10.1. The van der Waals surface area contributed by atoms with Gasteiger partial charge in [0.05, 0.1) is 5.75 Å². The SMILES string of the molecule is [CH2-]CCC[CH2-].[CH2-]Oc1cccc(OC(F)F)c1.[Cm]. The van der Waals surface area contributed by atoms with E-state index in [1.165, 1.54) is 24.6 Å². The van der Waals surface area contributed by atoms with Gasteiger partial charge < -0.3 is 23.3 Å². The molecule has 2 nitrogen and oxygen atoms in total. The quantitative estimate of drug-likeness (QED) is 0.574. The van der Waals surface area contributed by atoms with Crippen molar-refractivity contribution in [2.75, 3.05) is 0 Å². The molecule has 0 aliphatic heterocycles. The summed E-state index contributed by atoms with van der Waals surface area (Å²) >= 11 is 0. The molecule has 1 aromatic carbocycles. The maximum atomic E-state index is 11.7. The summed E-state index contributed by atoms with van der Waals surface area (Å²) in [7, 11) is 3.13. The molecule has 0 unspecified atom stereocenters. The molecule has 0 aliphatic carbocycles. The summed E-state index contributed by atoms with van der Waals surface area (Å²) in [5.74, 6) is 0.444. The van der Waals surface area contributed by atoms with Gasteiger partial charge in [0.2, 0.25) is 0 Å². The van der Waals surface area contributed by atoms with Gasteiger partial charge in [0, 0.05) is 6.07 Å². The molecule has 1 aromatic rings. The molecular formula is C13H17CmF2O2-3. The molecule has 0 saturated carbocycles. The minimum absolute atomic E-state index is 0. The fraction of sp³-hybridized carbons (Fsp3) is 0.308. The first-order chi connectivity index (χ1) is 8.13. The number of rotatable bonds is 5. The van der Waals surface area contributed by atoms with Gasteiger partial charge in [0.1, 0.15) is 5.75 Å². The predicted molar refractivity (Wildman–Crippen MR) is 63.6 cm³/mol. The maximum absolute atomic E-state index is 11.7. The Kier molecular flexibility index (Phi) is 11.2. The molecule has 18 heavy (non-hydrogen) atoms. The van der Waals surface area contributed by atoms with Crippen LogP contribution >= 0.6 is 0 Å². The average Bonchev–Trinajstić information content (AvgIpc) is 2.30. The third-order valence-corrected chi connectivity index (χ3v) is 1.70. The normalized spacial score (nSPS) is 9.00. The monoisotopic (exact) mass is 486 g/mol. The van der Waals surface area contributed by atoms with E-state index in [1.807, 2.05) is 0 Å². The Labute approximate surface area is 102 Å². The Hall–Kier alpha value is -2.32. The van der Waals surface area contributed by atoms with Crippen LogP contribution in [0.5, 0.6) is 11.5 Å². The van der Waals surface area contributed by atoms with Crippen LogP contribution in [0, 0.1) is 21.0 Å². The van der Waals surface area contributed by atoms with E-state index >= 15 is 0 Å². The first-order valence-corrected chi connectivity index (χ1v) is 5.19. The van der Waals surface area contributed by atoms with Crippen molar-refractivity contribution in [3.8, 4) is 11.5 Å². The molecule has 5 heteroatoms. The van der Waals surface area contributed by atoms with E-state index in [2.05, 4.69) is 30.4 Å². The van der Waals surface area contributed by atoms with Crippen LogP contribution in [0.2, 0.25) is 0 Å². The van der Waals surface area contributed by atoms with E-state index < -0.39 is 6.61 Å². The largest absolute Gasteiger partial charge is 0.665 e. The van der Waals surface area contributed by atoms with Crippen molar-refractivity contribution in [3.63, 3.8) is 0 Å². The smallest absolute Gasteiger partial charge is 0.387 e. The van der Waals surface area contributed by atoms with Gasteiger partial charge in [-0.2, -0.15) is 28.7 Å². The molecular weight excluding hydrogens is 473 g/mol. The van der Waals surface area contributed by atoms with Crippen molar-refractivity contribution in [1.29, 1.82) is 0 Å². The molecule has 0 heterocycles. The summed E-state index contributed by atoms with van der Waals surface area (Å²) in [4.78, 5) is 0. The number of hydrogen-bond acceptors (Lipinski definition) is 2. The molecule has 0 atom stereocenters. The van der Waals surface area contributed by atoms with Crippen LogP contribution < -0.4 is 9.47 Å². The summed E-state index contributed by atoms with van der Waals surface area (Å²) in [6.07, 6.45) is 3.23. The van der Waals surface area contributed by atoms with Crippen molar-refractivity contribution in [2.45, 2.75) is 25.9 Å². The zero-order chi connectivity index (χ0) is 13.1. The van der Waals surface area contributed by atoms with Gasteiger partial charge in [-0.3, -0.25) is 0 Å². The first kappa shape index (κ1) is 18.1. The first-order valence-electron chi connectivity index (χ1n) is 5.19. The summed E-state index contributed by atoms with van der Waals surface area (Å²) in [6, 6.07) is 5.87. The fourth-order valence-electron chi connectivity index (χ4n) is 0.917. The molecule has 0 bridgehead atoms. The van der Waals surface area contributed by atoms with Crippen molar-refractivity contribution in [3.05, 3.63) is 45.2 Å². The Morgan fingerprint density at radius 3 is 2.06 bits per heavy atom. The molecule has 0 N–H and O–H groups in total. The second-order valence-corrected chi connectivity index (χ2v) is 3.06. The van der Waals surface area contributed by atoms with Gasteiger partial charge in [0.15, 0.2) is 0 Å². The molecule has 0 radical (unpaired) electrons. The van der Waals surface area contributed by atoms with E-state index in [0.717, 1.165) is 12.8 Å². The second-order valence-electron chi connectivity index (χ2n) is 3.06.